The molecule has 1 N–H and O–H groups in total. The molecule has 4 nitrogen and oxygen atoms in total. The summed E-state index contributed by atoms with van der Waals surface area (Å²) in [5.41, 5.74) is 0.199. The SMILES string of the molecule is CCOc1cc(C(=O)O)ccc1O[C@H](C)CC. The van der Waals surface area contributed by atoms with Crippen LogP contribution in [0.5, 0.6) is 11.5 Å². The topological polar surface area (TPSA) is 55.8 Å². The van der Waals surface area contributed by atoms with Crippen LogP contribution in [0.25, 0.3) is 0 Å². The number of rotatable bonds is 6. The Morgan fingerprint density at radius 3 is 2.59 bits per heavy atom. The van der Waals surface area contributed by atoms with E-state index in [1.165, 1.54) is 12.1 Å². The van der Waals surface area contributed by atoms with Crippen molar-refractivity contribution in [3.05, 3.63) is 23.8 Å². The smallest absolute Gasteiger partial charge is 0.335 e. The molecule has 0 aliphatic rings. The van der Waals surface area contributed by atoms with Gasteiger partial charge in [0, 0.05) is 0 Å². The van der Waals surface area contributed by atoms with Crippen LogP contribution in [0.2, 0.25) is 0 Å². The van der Waals surface area contributed by atoms with Crippen molar-refractivity contribution < 1.29 is 19.4 Å². The molecule has 0 spiro atoms. The van der Waals surface area contributed by atoms with Gasteiger partial charge in [0.2, 0.25) is 0 Å². The average molecular weight is 238 g/mol. The van der Waals surface area contributed by atoms with Gasteiger partial charge in [-0.05, 0) is 38.5 Å². The summed E-state index contributed by atoms with van der Waals surface area (Å²) in [5, 5.41) is 8.90. The number of carbonyl (C=O) groups is 1. The lowest BCUT2D eigenvalue weighted by atomic mass is 10.2. The third-order valence-corrected chi connectivity index (χ3v) is 2.39. The predicted octanol–water partition coefficient (Wildman–Crippen LogP) is 2.96. The summed E-state index contributed by atoms with van der Waals surface area (Å²) in [5.74, 6) is 0.0972. The normalized spacial score (nSPS) is 11.9. The van der Waals surface area contributed by atoms with Crippen LogP contribution in [-0.2, 0) is 0 Å². The van der Waals surface area contributed by atoms with Gasteiger partial charge >= 0.3 is 5.97 Å². The van der Waals surface area contributed by atoms with Crippen LogP contribution >= 0.6 is 0 Å². The molecule has 4 heteroatoms. The Morgan fingerprint density at radius 1 is 1.35 bits per heavy atom. The summed E-state index contributed by atoms with van der Waals surface area (Å²) in [6.45, 7) is 6.30. The number of ether oxygens (including phenoxy) is 2. The van der Waals surface area contributed by atoms with Crippen molar-refractivity contribution in [2.45, 2.75) is 33.3 Å². The van der Waals surface area contributed by atoms with Crippen molar-refractivity contribution in [2.24, 2.45) is 0 Å². The van der Waals surface area contributed by atoms with E-state index in [1.54, 1.807) is 6.07 Å². The Morgan fingerprint density at radius 2 is 2.06 bits per heavy atom. The Hall–Kier alpha value is -1.71. The first-order valence-corrected chi connectivity index (χ1v) is 5.75. The zero-order valence-electron chi connectivity index (χ0n) is 10.4. The van der Waals surface area contributed by atoms with Crippen LogP contribution in [-0.4, -0.2) is 23.8 Å². The van der Waals surface area contributed by atoms with E-state index in [4.69, 9.17) is 14.6 Å². The molecule has 0 saturated heterocycles. The molecule has 94 valence electrons. The fourth-order valence-corrected chi connectivity index (χ4v) is 1.31. The van der Waals surface area contributed by atoms with Crippen LogP contribution in [0.3, 0.4) is 0 Å². The molecule has 17 heavy (non-hydrogen) atoms. The van der Waals surface area contributed by atoms with Crippen LogP contribution < -0.4 is 9.47 Å². The maximum Gasteiger partial charge on any atom is 0.335 e. The Kier molecular flexibility index (Phi) is 4.82. The zero-order valence-corrected chi connectivity index (χ0v) is 10.4. The molecule has 0 fully saturated rings. The second kappa shape index (κ2) is 6.13. The lowest BCUT2D eigenvalue weighted by molar-refractivity contribution is 0.0696. The van der Waals surface area contributed by atoms with Crippen molar-refractivity contribution in [3.8, 4) is 11.5 Å². The Labute approximate surface area is 101 Å². The lowest BCUT2D eigenvalue weighted by Crippen LogP contribution is -2.11. The summed E-state index contributed by atoms with van der Waals surface area (Å²) in [7, 11) is 0. The number of carboxylic acids is 1. The standard InChI is InChI=1S/C13H18O4/c1-4-9(3)17-11-7-6-10(13(14)15)8-12(11)16-5-2/h6-9H,4-5H2,1-3H3,(H,14,15)/t9-/m1/s1. The molecule has 1 rings (SSSR count). The van der Waals surface area contributed by atoms with Gasteiger partial charge in [0.1, 0.15) is 0 Å². The van der Waals surface area contributed by atoms with Crippen molar-refractivity contribution in [2.75, 3.05) is 6.61 Å². The number of hydrogen-bond donors (Lipinski definition) is 1. The highest BCUT2D eigenvalue weighted by molar-refractivity contribution is 5.88. The largest absolute Gasteiger partial charge is 0.490 e. The molecule has 0 aliphatic heterocycles. The molecule has 0 aliphatic carbocycles. The van der Waals surface area contributed by atoms with Crippen LogP contribution in [0, 0.1) is 0 Å². The van der Waals surface area contributed by atoms with Gasteiger partial charge in [0.25, 0.3) is 0 Å². The average Bonchev–Trinajstić information content (AvgIpc) is 2.31. The summed E-state index contributed by atoms with van der Waals surface area (Å²) in [4.78, 5) is 10.9. The highest BCUT2D eigenvalue weighted by atomic mass is 16.5. The molecule has 1 atom stereocenters. The highest BCUT2D eigenvalue weighted by Gasteiger charge is 2.12. The number of hydrogen-bond acceptors (Lipinski definition) is 3. The van der Waals surface area contributed by atoms with Gasteiger partial charge in [-0.2, -0.15) is 0 Å². The minimum Gasteiger partial charge on any atom is -0.490 e. The van der Waals surface area contributed by atoms with Crippen LogP contribution in [0.15, 0.2) is 18.2 Å². The molecular weight excluding hydrogens is 220 g/mol. The minimum absolute atomic E-state index is 0.0740. The zero-order chi connectivity index (χ0) is 12.8. The molecule has 1 aromatic rings. The maximum atomic E-state index is 10.9. The summed E-state index contributed by atoms with van der Waals surface area (Å²) >= 11 is 0. The van der Waals surface area contributed by atoms with E-state index in [0.717, 1.165) is 6.42 Å². The Bertz CT molecular complexity index is 387. The minimum atomic E-state index is -0.971. The molecular formula is C13H18O4. The monoisotopic (exact) mass is 238 g/mol. The van der Waals surface area contributed by atoms with Gasteiger partial charge in [-0.3, -0.25) is 0 Å². The fraction of sp³-hybridized carbons (Fsp3) is 0.462. The molecule has 0 heterocycles. The van der Waals surface area contributed by atoms with Crippen molar-refractivity contribution in [3.63, 3.8) is 0 Å². The van der Waals surface area contributed by atoms with Crippen molar-refractivity contribution >= 4 is 5.97 Å². The van der Waals surface area contributed by atoms with Gasteiger partial charge < -0.3 is 14.6 Å². The van der Waals surface area contributed by atoms with Crippen molar-refractivity contribution in [1.82, 2.24) is 0 Å². The molecule has 0 amide bonds. The molecule has 0 radical (unpaired) electrons. The third-order valence-electron chi connectivity index (χ3n) is 2.39. The maximum absolute atomic E-state index is 10.9. The summed E-state index contributed by atoms with van der Waals surface area (Å²) in [6, 6.07) is 4.65. The first-order valence-electron chi connectivity index (χ1n) is 5.75. The first kappa shape index (κ1) is 13.4. The summed E-state index contributed by atoms with van der Waals surface area (Å²) in [6.07, 6.45) is 0.955. The van der Waals surface area contributed by atoms with E-state index in [2.05, 4.69) is 0 Å². The van der Waals surface area contributed by atoms with Gasteiger partial charge in [-0.1, -0.05) is 6.92 Å². The summed E-state index contributed by atoms with van der Waals surface area (Å²) < 4.78 is 11.0. The number of carboxylic acid groups (broad SMARTS) is 1. The molecule has 1 aromatic carbocycles. The second-order valence-electron chi connectivity index (χ2n) is 3.74. The molecule has 0 unspecified atom stereocenters. The number of aromatic carboxylic acids is 1. The van der Waals surface area contributed by atoms with E-state index >= 15 is 0 Å². The van der Waals surface area contributed by atoms with E-state index < -0.39 is 5.97 Å². The van der Waals surface area contributed by atoms with E-state index in [-0.39, 0.29) is 11.7 Å². The Balaban J connectivity index is 2.99. The van der Waals surface area contributed by atoms with Crippen LogP contribution in [0.1, 0.15) is 37.6 Å². The third kappa shape index (κ3) is 3.66. The van der Waals surface area contributed by atoms with Gasteiger partial charge in [0.05, 0.1) is 18.3 Å². The first-order chi connectivity index (χ1) is 8.08. The van der Waals surface area contributed by atoms with Crippen LogP contribution in [0.4, 0.5) is 0 Å². The lowest BCUT2D eigenvalue weighted by Gasteiger charge is -2.16. The van der Waals surface area contributed by atoms with E-state index in [0.29, 0.717) is 18.1 Å². The van der Waals surface area contributed by atoms with Gasteiger partial charge in [-0.25, -0.2) is 4.79 Å². The van der Waals surface area contributed by atoms with Gasteiger partial charge in [-0.15, -0.1) is 0 Å². The fourth-order valence-electron chi connectivity index (χ4n) is 1.31. The van der Waals surface area contributed by atoms with Gasteiger partial charge in [0.15, 0.2) is 11.5 Å². The predicted molar refractivity (Wildman–Crippen MR) is 65.0 cm³/mol. The second-order valence-corrected chi connectivity index (χ2v) is 3.74. The van der Waals surface area contributed by atoms with E-state index in [1.807, 2.05) is 20.8 Å². The molecule has 0 saturated carbocycles. The highest BCUT2D eigenvalue weighted by Crippen LogP contribution is 2.29. The quantitative estimate of drug-likeness (QED) is 0.827. The number of benzene rings is 1. The van der Waals surface area contributed by atoms with Crippen molar-refractivity contribution in [1.29, 1.82) is 0 Å². The molecule has 0 bridgehead atoms. The molecule has 0 aromatic heterocycles. The van der Waals surface area contributed by atoms with E-state index in [9.17, 15) is 4.79 Å².